The molecule has 0 aliphatic carbocycles. The highest BCUT2D eigenvalue weighted by Crippen LogP contribution is 1.97. The Morgan fingerprint density at radius 2 is 2.40 bits per heavy atom. The molecular weight excluding hydrogens is 124 g/mol. The van der Waals surface area contributed by atoms with E-state index in [-0.39, 0.29) is 0 Å². The maximum Gasteiger partial charge on any atom is 0.0359 e. The zero-order valence-electron chi connectivity index (χ0n) is 6.59. The Balaban J connectivity index is 2.49. The number of nitrogens with zero attached hydrogens (tertiary/aromatic N) is 1. The molecule has 10 heavy (non-hydrogen) atoms. The first-order valence-electron chi connectivity index (χ1n) is 3.65. The summed E-state index contributed by atoms with van der Waals surface area (Å²) in [6.07, 6.45) is 2.06. The fourth-order valence-corrected chi connectivity index (χ4v) is 0.933. The van der Waals surface area contributed by atoms with Crippen molar-refractivity contribution < 1.29 is 0 Å². The first-order chi connectivity index (χ1) is 4.84. The van der Waals surface area contributed by atoms with Crippen LogP contribution in [0, 0.1) is 0 Å². The van der Waals surface area contributed by atoms with Gasteiger partial charge in [0.05, 0.1) is 0 Å². The molecule has 0 saturated carbocycles. The van der Waals surface area contributed by atoms with Crippen molar-refractivity contribution >= 4 is 0 Å². The van der Waals surface area contributed by atoms with Crippen molar-refractivity contribution in [1.29, 1.82) is 0 Å². The SMILES string of the molecule is CCNCc1cccn1C. The van der Waals surface area contributed by atoms with E-state index in [1.807, 2.05) is 0 Å². The predicted molar refractivity (Wildman–Crippen MR) is 42.8 cm³/mol. The number of nitrogens with one attached hydrogen (secondary N) is 1. The summed E-state index contributed by atoms with van der Waals surface area (Å²) in [6, 6.07) is 4.19. The molecular formula is C8H14N2. The van der Waals surface area contributed by atoms with Gasteiger partial charge in [0, 0.05) is 25.5 Å². The fourth-order valence-electron chi connectivity index (χ4n) is 0.933. The number of aryl methyl sites for hydroxylation is 1. The quantitative estimate of drug-likeness (QED) is 0.662. The summed E-state index contributed by atoms with van der Waals surface area (Å²) in [5.41, 5.74) is 1.34. The number of hydrogen-bond donors (Lipinski definition) is 1. The lowest BCUT2D eigenvalue weighted by Gasteiger charge is -2.02. The van der Waals surface area contributed by atoms with Crippen molar-refractivity contribution in [3.05, 3.63) is 24.0 Å². The van der Waals surface area contributed by atoms with Crippen molar-refractivity contribution in [2.45, 2.75) is 13.5 Å². The Labute approximate surface area is 61.9 Å². The molecule has 0 aliphatic rings. The van der Waals surface area contributed by atoms with Crippen LogP contribution >= 0.6 is 0 Å². The van der Waals surface area contributed by atoms with E-state index in [4.69, 9.17) is 0 Å². The molecule has 1 heterocycles. The molecule has 1 aromatic heterocycles. The van der Waals surface area contributed by atoms with Crippen LogP contribution in [0.4, 0.5) is 0 Å². The molecule has 0 aromatic carbocycles. The van der Waals surface area contributed by atoms with Crippen LogP contribution in [0.1, 0.15) is 12.6 Å². The maximum atomic E-state index is 3.27. The highest BCUT2D eigenvalue weighted by molar-refractivity contribution is 5.05. The Hall–Kier alpha value is -0.760. The van der Waals surface area contributed by atoms with Gasteiger partial charge in [-0.3, -0.25) is 0 Å². The lowest BCUT2D eigenvalue weighted by atomic mass is 10.4. The van der Waals surface area contributed by atoms with Crippen LogP contribution in [-0.4, -0.2) is 11.1 Å². The second kappa shape index (κ2) is 3.42. The first kappa shape index (κ1) is 7.35. The van der Waals surface area contributed by atoms with Gasteiger partial charge in [-0.05, 0) is 18.7 Å². The molecule has 1 aromatic rings. The molecule has 2 nitrogen and oxygen atoms in total. The highest BCUT2D eigenvalue weighted by atomic mass is 15.0. The zero-order chi connectivity index (χ0) is 7.40. The lowest BCUT2D eigenvalue weighted by molar-refractivity contribution is 0.680. The van der Waals surface area contributed by atoms with Gasteiger partial charge in [0.1, 0.15) is 0 Å². The van der Waals surface area contributed by atoms with Crippen LogP contribution in [0.5, 0.6) is 0 Å². The summed E-state index contributed by atoms with van der Waals surface area (Å²) in [5, 5.41) is 3.27. The number of hydrogen-bond acceptors (Lipinski definition) is 1. The van der Waals surface area contributed by atoms with Gasteiger partial charge >= 0.3 is 0 Å². The summed E-state index contributed by atoms with van der Waals surface area (Å²) < 4.78 is 2.13. The van der Waals surface area contributed by atoms with E-state index in [0.29, 0.717) is 0 Å². The number of aromatic nitrogens is 1. The van der Waals surface area contributed by atoms with E-state index in [9.17, 15) is 0 Å². The number of rotatable bonds is 3. The van der Waals surface area contributed by atoms with Gasteiger partial charge in [-0.2, -0.15) is 0 Å². The second-order valence-corrected chi connectivity index (χ2v) is 2.39. The van der Waals surface area contributed by atoms with Crippen LogP contribution < -0.4 is 5.32 Å². The fraction of sp³-hybridized carbons (Fsp3) is 0.500. The van der Waals surface area contributed by atoms with Gasteiger partial charge in [-0.1, -0.05) is 6.92 Å². The molecule has 0 bridgehead atoms. The first-order valence-corrected chi connectivity index (χ1v) is 3.65. The highest BCUT2D eigenvalue weighted by Gasteiger charge is 1.92. The molecule has 1 N–H and O–H groups in total. The largest absolute Gasteiger partial charge is 0.353 e. The van der Waals surface area contributed by atoms with Crippen LogP contribution in [0.3, 0.4) is 0 Å². The average Bonchev–Trinajstić information content (AvgIpc) is 2.31. The minimum Gasteiger partial charge on any atom is -0.353 e. The molecule has 1 rings (SSSR count). The van der Waals surface area contributed by atoms with Crippen molar-refractivity contribution in [3.8, 4) is 0 Å². The topological polar surface area (TPSA) is 17.0 Å². The molecule has 0 spiro atoms. The lowest BCUT2D eigenvalue weighted by Crippen LogP contribution is -2.13. The van der Waals surface area contributed by atoms with E-state index < -0.39 is 0 Å². The third kappa shape index (κ3) is 1.61. The maximum absolute atomic E-state index is 3.27. The van der Waals surface area contributed by atoms with E-state index in [0.717, 1.165) is 13.1 Å². The molecule has 0 unspecified atom stereocenters. The Kier molecular flexibility index (Phi) is 2.51. The van der Waals surface area contributed by atoms with Crippen LogP contribution in [0.15, 0.2) is 18.3 Å². The minimum atomic E-state index is 0.972. The Morgan fingerprint density at radius 1 is 1.60 bits per heavy atom. The predicted octanol–water partition coefficient (Wildman–Crippen LogP) is 1.13. The van der Waals surface area contributed by atoms with Crippen molar-refractivity contribution in [2.75, 3.05) is 6.54 Å². The van der Waals surface area contributed by atoms with Crippen molar-refractivity contribution in [3.63, 3.8) is 0 Å². The van der Waals surface area contributed by atoms with Crippen LogP contribution in [0.25, 0.3) is 0 Å². The summed E-state index contributed by atoms with van der Waals surface area (Å²) in [5.74, 6) is 0. The molecule has 56 valence electrons. The minimum absolute atomic E-state index is 0.972. The van der Waals surface area contributed by atoms with E-state index in [2.05, 4.69) is 42.2 Å². The Bertz CT molecular complexity index is 191. The summed E-state index contributed by atoms with van der Waals surface area (Å²) in [6.45, 7) is 4.12. The zero-order valence-corrected chi connectivity index (χ0v) is 6.59. The van der Waals surface area contributed by atoms with Crippen LogP contribution in [0.2, 0.25) is 0 Å². The van der Waals surface area contributed by atoms with Gasteiger partial charge in [0.2, 0.25) is 0 Å². The third-order valence-corrected chi connectivity index (χ3v) is 1.61. The summed E-state index contributed by atoms with van der Waals surface area (Å²) in [7, 11) is 2.06. The van der Waals surface area contributed by atoms with Gasteiger partial charge in [-0.15, -0.1) is 0 Å². The third-order valence-electron chi connectivity index (χ3n) is 1.61. The van der Waals surface area contributed by atoms with E-state index in [1.54, 1.807) is 0 Å². The second-order valence-electron chi connectivity index (χ2n) is 2.39. The standard InChI is InChI=1S/C8H14N2/c1-3-9-7-8-5-4-6-10(8)2/h4-6,9H,3,7H2,1-2H3. The Morgan fingerprint density at radius 3 is 2.90 bits per heavy atom. The smallest absolute Gasteiger partial charge is 0.0359 e. The molecule has 2 heteroatoms. The van der Waals surface area contributed by atoms with Crippen molar-refractivity contribution in [1.82, 2.24) is 9.88 Å². The molecule has 0 amide bonds. The summed E-state index contributed by atoms with van der Waals surface area (Å²) in [4.78, 5) is 0. The average molecular weight is 138 g/mol. The van der Waals surface area contributed by atoms with Gasteiger partial charge < -0.3 is 9.88 Å². The molecule has 0 fully saturated rings. The monoisotopic (exact) mass is 138 g/mol. The van der Waals surface area contributed by atoms with E-state index in [1.165, 1.54) is 5.69 Å². The normalized spacial score (nSPS) is 10.2. The van der Waals surface area contributed by atoms with Gasteiger partial charge in [0.15, 0.2) is 0 Å². The molecule has 0 aliphatic heterocycles. The van der Waals surface area contributed by atoms with Gasteiger partial charge in [-0.25, -0.2) is 0 Å². The summed E-state index contributed by atoms with van der Waals surface area (Å²) >= 11 is 0. The van der Waals surface area contributed by atoms with Crippen LogP contribution in [-0.2, 0) is 13.6 Å². The van der Waals surface area contributed by atoms with Crippen molar-refractivity contribution in [2.24, 2.45) is 7.05 Å². The molecule has 0 radical (unpaired) electrons. The van der Waals surface area contributed by atoms with E-state index >= 15 is 0 Å². The molecule has 0 saturated heterocycles. The van der Waals surface area contributed by atoms with Gasteiger partial charge in [0.25, 0.3) is 0 Å². The molecule has 0 atom stereocenters.